The van der Waals surface area contributed by atoms with Crippen LogP contribution in [0.25, 0.3) is 21.5 Å². The van der Waals surface area contributed by atoms with Crippen molar-refractivity contribution in [1.82, 2.24) is 5.43 Å². The minimum atomic E-state index is -0.922. The van der Waals surface area contributed by atoms with Gasteiger partial charge < -0.3 is 10.1 Å². The van der Waals surface area contributed by atoms with Crippen molar-refractivity contribution in [3.63, 3.8) is 0 Å². The molecule has 0 aliphatic heterocycles. The van der Waals surface area contributed by atoms with Crippen LogP contribution in [0.5, 0.6) is 0 Å². The average Bonchev–Trinajstić information content (AvgIpc) is 3.44. The maximum absolute atomic E-state index is 12.6. The molecule has 35 heavy (non-hydrogen) atoms. The Labute approximate surface area is 205 Å². The lowest BCUT2D eigenvalue weighted by Crippen LogP contribution is -2.32. The van der Waals surface area contributed by atoms with Crippen LogP contribution in [0.4, 0.5) is 5.00 Å². The lowest BCUT2D eigenvalue weighted by atomic mass is 9.97. The van der Waals surface area contributed by atoms with Crippen molar-refractivity contribution in [2.24, 2.45) is 5.10 Å². The van der Waals surface area contributed by atoms with E-state index in [0.29, 0.717) is 10.6 Å². The molecule has 1 aliphatic carbocycles. The van der Waals surface area contributed by atoms with Gasteiger partial charge in [-0.25, -0.2) is 10.2 Å². The summed E-state index contributed by atoms with van der Waals surface area (Å²) in [5.74, 6) is -2.30. The van der Waals surface area contributed by atoms with Crippen LogP contribution in [0, 0.1) is 0 Å². The molecular formula is C27H23N3O4S. The lowest BCUT2D eigenvalue weighted by Gasteiger charge is -2.08. The summed E-state index contributed by atoms with van der Waals surface area (Å²) < 4.78 is 5.17. The van der Waals surface area contributed by atoms with Crippen LogP contribution in [-0.2, 0) is 27.2 Å². The molecule has 4 aromatic rings. The Hall–Kier alpha value is -4.04. The normalized spacial score (nSPS) is 12.7. The van der Waals surface area contributed by atoms with Crippen LogP contribution < -0.4 is 10.7 Å². The number of aryl methyl sites for hydroxylation is 1. The highest BCUT2D eigenvalue weighted by Gasteiger charge is 2.29. The topological polar surface area (TPSA) is 96.9 Å². The third-order valence-corrected chi connectivity index (χ3v) is 7.21. The van der Waals surface area contributed by atoms with Gasteiger partial charge in [-0.3, -0.25) is 9.59 Å². The van der Waals surface area contributed by atoms with Crippen LogP contribution in [0.15, 0.2) is 59.7 Å². The Kier molecular flexibility index (Phi) is 6.29. The quantitative estimate of drug-likeness (QED) is 0.139. The molecule has 0 bridgehead atoms. The van der Waals surface area contributed by atoms with E-state index in [0.717, 1.165) is 56.8 Å². The van der Waals surface area contributed by atoms with Gasteiger partial charge in [-0.15, -0.1) is 11.3 Å². The van der Waals surface area contributed by atoms with Crippen molar-refractivity contribution in [2.45, 2.75) is 26.2 Å². The van der Waals surface area contributed by atoms with Crippen molar-refractivity contribution in [1.29, 1.82) is 0 Å². The first-order chi connectivity index (χ1) is 17.1. The van der Waals surface area contributed by atoms with Gasteiger partial charge in [-0.2, -0.15) is 5.10 Å². The number of ether oxygens (including phenoxy) is 1. The summed E-state index contributed by atoms with van der Waals surface area (Å²) in [5, 5.41) is 11.1. The molecule has 0 radical (unpaired) electrons. The second kappa shape index (κ2) is 9.68. The Bertz CT molecular complexity index is 1450. The fraction of sp³-hybridized carbons (Fsp3) is 0.185. The number of anilines is 1. The lowest BCUT2D eigenvalue weighted by molar-refractivity contribution is -0.136. The minimum Gasteiger partial charge on any atom is -0.462 e. The van der Waals surface area contributed by atoms with Crippen molar-refractivity contribution < 1.29 is 19.1 Å². The van der Waals surface area contributed by atoms with E-state index in [1.807, 2.05) is 48.5 Å². The monoisotopic (exact) mass is 485 g/mol. The number of hydrogen-bond acceptors (Lipinski definition) is 6. The molecular weight excluding hydrogens is 462 g/mol. The van der Waals surface area contributed by atoms with E-state index in [4.69, 9.17) is 4.74 Å². The van der Waals surface area contributed by atoms with E-state index in [1.165, 1.54) is 11.3 Å². The third kappa shape index (κ3) is 4.40. The van der Waals surface area contributed by atoms with Crippen LogP contribution in [0.1, 0.15) is 39.7 Å². The first-order valence-corrected chi connectivity index (χ1v) is 12.2. The second-order valence-corrected chi connectivity index (χ2v) is 9.27. The molecule has 0 unspecified atom stereocenters. The molecule has 1 aromatic heterocycles. The number of amides is 2. The summed E-state index contributed by atoms with van der Waals surface area (Å²) in [7, 11) is 0. The first-order valence-electron chi connectivity index (χ1n) is 11.4. The summed E-state index contributed by atoms with van der Waals surface area (Å²) in [6.07, 6.45) is 4.11. The van der Waals surface area contributed by atoms with E-state index in [-0.39, 0.29) is 6.61 Å². The summed E-state index contributed by atoms with van der Waals surface area (Å²) in [6.45, 7) is 1.96. The number of carbonyl (C=O) groups excluding carboxylic acids is 3. The summed E-state index contributed by atoms with van der Waals surface area (Å²) in [5.41, 5.74) is 4.42. The fourth-order valence-corrected chi connectivity index (χ4v) is 5.74. The Balaban J connectivity index is 1.36. The highest BCUT2D eigenvalue weighted by atomic mass is 32.1. The highest BCUT2D eigenvalue weighted by molar-refractivity contribution is 7.17. The fourth-order valence-electron chi connectivity index (χ4n) is 4.47. The largest absolute Gasteiger partial charge is 0.462 e. The second-order valence-electron chi connectivity index (χ2n) is 8.17. The maximum atomic E-state index is 12.6. The predicted octanol–water partition coefficient (Wildman–Crippen LogP) is 4.81. The molecule has 0 saturated carbocycles. The number of hydrogen-bond donors (Lipinski definition) is 2. The number of thiophene rings is 1. The van der Waals surface area contributed by atoms with Crippen molar-refractivity contribution >= 4 is 61.9 Å². The number of carbonyl (C=O) groups is 3. The number of fused-ring (bicyclic) bond motifs is 3. The van der Waals surface area contributed by atoms with Crippen LogP contribution in [0.2, 0.25) is 0 Å². The molecule has 0 saturated heterocycles. The SMILES string of the molecule is CCOC(=O)c1c(NC(=O)C(=O)N/N=C/c2c3ccccc3cc3ccccc23)sc2c1CCC2. The number of rotatable bonds is 5. The van der Waals surface area contributed by atoms with Crippen LogP contribution in [-0.4, -0.2) is 30.6 Å². The van der Waals surface area contributed by atoms with Gasteiger partial charge in [-0.1, -0.05) is 48.5 Å². The summed E-state index contributed by atoms with van der Waals surface area (Å²) in [4.78, 5) is 38.6. The average molecular weight is 486 g/mol. The van der Waals surface area contributed by atoms with Crippen molar-refractivity contribution in [3.8, 4) is 0 Å². The molecule has 2 amide bonds. The van der Waals surface area contributed by atoms with Crippen molar-refractivity contribution in [2.75, 3.05) is 11.9 Å². The smallest absolute Gasteiger partial charge is 0.341 e. The van der Waals surface area contributed by atoms with Gasteiger partial charge in [0.15, 0.2) is 0 Å². The third-order valence-electron chi connectivity index (χ3n) is 6.01. The molecule has 3 aromatic carbocycles. The molecule has 0 fully saturated rings. The molecule has 0 atom stereocenters. The molecule has 1 heterocycles. The zero-order valence-corrected chi connectivity index (χ0v) is 19.9. The number of esters is 1. The van der Waals surface area contributed by atoms with E-state index in [9.17, 15) is 14.4 Å². The van der Waals surface area contributed by atoms with E-state index in [2.05, 4.69) is 21.9 Å². The summed E-state index contributed by atoms with van der Waals surface area (Å²) >= 11 is 1.32. The molecule has 1 aliphatic rings. The van der Waals surface area contributed by atoms with Gasteiger partial charge in [0, 0.05) is 10.4 Å². The predicted molar refractivity (Wildman–Crippen MR) is 138 cm³/mol. The van der Waals surface area contributed by atoms with Crippen molar-refractivity contribution in [3.05, 3.63) is 76.2 Å². The van der Waals surface area contributed by atoms with E-state index >= 15 is 0 Å². The Morgan fingerprint density at radius 1 is 1.00 bits per heavy atom. The molecule has 2 N–H and O–H groups in total. The number of hydrazone groups is 1. The van der Waals surface area contributed by atoms with Crippen LogP contribution in [0.3, 0.4) is 0 Å². The van der Waals surface area contributed by atoms with E-state index in [1.54, 1.807) is 13.1 Å². The van der Waals surface area contributed by atoms with E-state index < -0.39 is 17.8 Å². The minimum absolute atomic E-state index is 0.231. The maximum Gasteiger partial charge on any atom is 0.341 e. The number of nitrogens with zero attached hydrogens (tertiary/aromatic N) is 1. The van der Waals surface area contributed by atoms with Gasteiger partial charge in [0.05, 0.1) is 18.4 Å². The zero-order valence-electron chi connectivity index (χ0n) is 19.1. The number of nitrogens with one attached hydrogen (secondary N) is 2. The van der Waals surface area contributed by atoms with Gasteiger partial charge in [-0.05, 0) is 59.4 Å². The number of benzene rings is 3. The highest BCUT2D eigenvalue weighted by Crippen LogP contribution is 2.39. The summed E-state index contributed by atoms with van der Waals surface area (Å²) in [6, 6.07) is 17.9. The molecule has 0 spiro atoms. The Morgan fingerprint density at radius 2 is 1.69 bits per heavy atom. The standard InChI is InChI=1S/C27H23N3O4S/c1-2-34-27(33)23-20-12-7-13-22(20)35-26(23)29-24(31)25(32)30-28-15-21-18-10-5-3-8-16(18)14-17-9-4-6-11-19(17)21/h3-6,8-11,14-15H,2,7,12-13H2,1H3,(H,29,31)(H,30,32)/b28-15+. The molecule has 7 nitrogen and oxygen atoms in total. The van der Waals surface area contributed by atoms with Gasteiger partial charge >= 0.3 is 17.8 Å². The first kappa shape index (κ1) is 22.7. The van der Waals surface area contributed by atoms with Gasteiger partial charge in [0.25, 0.3) is 0 Å². The molecule has 8 heteroatoms. The Morgan fingerprint density at radius 3 is 2.37 bits per heavy atom. The zero-order chi connectivity index (χ0) is 24.4. The van der Waals surface area contributed by atoms with Gasteiger partial charge in [0.2, 0.25) is 0 Å². The molecule has 5 rings (SSSR count). The van der Waals surface area contributed by atoms with Crippen LogP contribution >= 0.6 is 11.3 Å². The molecule has 176 valence electrons. The van der Waals surface area contributed by atoms with Gasteiger partial charge in [0.1, 0.15) is 5.00 Å².